The molecule has 8 heteroatoms. The lowest BCUT2D eigenvalue weighted by atomic mass is 10.2. The number of fused-ring (bicyclic) bond motifs is 1. The van der Waals surface area contributed by atoms with E-state index in [9.17, 15) is 9.59 Å². The number of rotatable bonds is 7. The number of nitrogens with zero attached hydrogens (tertiary/aromatic N) is 2. The van der Waals surface area contributed by atoms with Gasteiger partial charge in [0.25, 0.3) is 5.56 Å². The van der Waals surface area contributed by atoms with Crippen molar-refractivity contribution in [1.82, 2.24) is 14.7 Å². The molecule has 0 aliphatic heterocycles. The summed E-state index contributed by atoms with van der Waals surface area (Å²) in [7, 11) is 0. The Morgan fingerprint density at radius 1 is 1.62 bits per heavy atom. The van der Waals surface area contributed by atoms with Crippen molar-refractivity contribution < 1.29 is 4.79 Å². The summed E-state index contributed by atoms with van der Waals surface area (Å²) in [5, 5.41) is 4.66. The summed E-state index contributed by atoms with van der Waals surface area (Å²) in [6.07, 6.45) is 1.71. The highest BCUT2D eigenvalue weighted by Crippen LogP contribution is 2.12. The molecule has 1 atom stereocenters. The first kappa shape index (κ1) is 16.0. The van der Waals surface area contributed by atoms with Gasteiger partial charge in [-0.2, -0.15) is 0 Å². The van der Waals surface area contributed by atoms with Crippen molar-refractivity contribution in [3.63, 3.8) is 0 Å². The van der Waals surface area contributed by atoms with Gasteiger partial charge in [0.05, 0.1) is 11.4 Å². The molecule has 2 aromatic heterocycles. The molecule has 0 fully saturated rings. The highest BCUT2D eigenvalue weighted by Gasteiger charge is 2.07. The summed E-state index contributed by atoms with van der Waals surface area (Å²) in [5.41, 5.74) is 6.11. The van der Waals surface area contributed by atoms with Gasteiger partial charge in [-0.25, -0.2) is 4.98 Å². The predicted molar refractivity (Wildman–Crippen MR) is 86.7 cm³/mol. The van der Waals surface area contributed by atoms with E-state index in [2.05, 4.69) is 10.3 Å². The van der Waals surface area contributed by atoms with E-state index in [4.69, 9.17) is 5.73 Å². The second-order valence-electron chi connectivity index (χ2n) is 4.78. The molecule has 0 saturated heterocycles. The Morgan fingerprint density at radius 3 is 3.19 bits per heavy atom. The minimum Gasteiger partial charge on any atom is -0.355 e. The number of hydrogen-bond acceptors (Lipinski definition) is 6. The molecule has 1 unspecified atom stereocenters. The quantitative estimate of drug-likeness (QED) is 0.782. The van der Waals surface area contributed by atoms with Crippen LogP contribution in [0.5, 0.6) is 0 Å². The van der Waals surface area contributed by atoms with Gasteiger partial charge in [0.15, 0.2) is 4.96 Å². The molecule has 0 aliphatic rings. The van der Waals surface area contributed by atoms with Crippen LogP contribution in [0.3, 0.4) is 0 Å². The number of amides is 1. The average Bonchev–Trinajstić information content (AvgIpc) is 2.93. The number of thiazole rings is 1. The van der Waals surface area contributed by atoms with Gasteiger partial charge in [0.2, 0.25) is 5.91 Å². The summed E-state index contributed by atoms with van der Waals surface area (Å²) >= 11 is 2.86. The van der Waals surface area contributed by atoms with E-state index in [1.54, 1.807) is 6.20 Å². The Labute approximate surface area is 130 Å². The van der Waals surface area contributed by atoms with E-state index in [0.717, 1.165) is 0 Å². The number of aromatic nitrogens is 2. The zero-order valence-corrected chi connectivity index (χ0v) is 13.4. The maximum Gasteiger partial charge on any atom is 0.258 e. The summed E-state index contributed by atoms with van der Waals surface area (Å²) < 4.78 is 1.51. The van der Waals surface area contributed by atoms with Crippen LogP contribution in [0.25, 0.3) is 4.96 Å². The lowest BCUT2D eigenvalue weighted by molar-refractivity contribution is -0.118. The van der Waals surface area contributed by atoms with E-state index in [0.29, 0.717) is 35.3 Å². The fourth-order valence-electron chi connectivity index (χ4n) is 1.63. The van der Waals surface area contributed by atoms with Crippen LogP contribution in [0.2, 0.25) is 0 Å². The molecule has 0 bridgehead atoms. The van der Waals surface area contributed by atoms with Gasteiger partial charge < -0.3 is 11.1 Å². The molecule has 21 heavy (non-hydrogen) atoms. The van der Waals surface area contributed by atoms with E-state index in [1.807, 2.05) is 12.3 Å². The molecule has 6 nitrogen and oxygen atoms in total. The van der Waals surface area contributed by atoms with E-state index < -0.39 is 0 Å². The Hall–Kier alpha value is -1.38. The van der Waals surface area contributed by atoms with Crippen molar-refractivity contribution in [3.8, 4) is 0 Å². The molecule has 2 aromatic rings. The van der Waals surface area contributed by atoms with Crippen molar-refractivity contribution in [2.75, 3.05) is 18.8 Å². The Balaban J connectivity index is 1.82. The molecule has 2 rings (SSSR count). The molecule has 0 saturated carbocycles. The molecule has 0 radical (unpaired) electrons. The van der Waals surface area contributed by atoms with Crippen LogP contribution in [0, 0.1) is 5.92 Å². The molecule has 0 spiro atoms. The molecule has 114 valence electrons. The monoisotopic (exact) mass is 326 g/mol. The smallest absolute Gasteiger partial charge is 0.258 e. The predicted octanol–water partition coefficient (Wildman–Crippen LogP) is 0.700. The van der Waals surface area contributed by atoms with Crippen LogP contribution in [0.1, 0.15) is 12.6 Å². The van der Waals surface area contributed by atoms with Crippen LogP contribution >= 0.6 is 23.1 Å². The second kappa shape index (κ2) is 7.58. The van der Waals surface area contributed by atoms with Crippen molar-refractivity contribution >= 4 is 34.0 Å². The van der Waals surface area contributed by atoms with E-state index in [-0.39, 0.29) is 17.4 Å². The zero-order chi connectivity index (χ0) is 15.2. The molecular weight excluding hydrogens is 308 g/mol. The zero-order valence-electron chi connectivity index (χ0n) is 11.7. The highest BCUT2D eigenvalue weighted by molar-refractivity contribution is 7.99. The second-order valence-corrected chi connectivity index (χ2v) is 6.64. The van der Waals surface area contributed by atoms with Gasteiger partial charge in [0.1, 0.15) is 0 Å². The maximum atomic E-state index is 11.8. The minimum atomic E-state index is -0.0851. The molecule has 0 aliphatic carbocycles. The van der Waals surface area contributed by atoms with E-state index in [1.165, 1.54) is 33.6 Å². The Morgan fingerprint density at radius 2 is 2.43 bits per heavy atom. The van der Waals surface area contributed by atoms with Crippen LogP contribution in [0.15, 0.2) is 22.4 Å². The minimum absolute atomic E-state index is 0.0192. The third-order valence-electron chi connectivity index (χ3n) is 2.89. The van der Waals surface area contributed by atoms with Crippen molar-refractivity contribution in [2.45, 2.75) is 12.7 Å². The Kier molecular flexibility index (Phi) is 5.77. The van der Waals surface area contributed by atoms with Crippen LogP contribution in [-0.2, 0) is 10.5 Å². The lowest BCUT2D eigenvalue weighted by Crippen LogP contribution is -2.32. The number of thioether (sulfide) groups is 1. The highest BCUT2D eigenvalue weighted by atomic mass is 32.2. The number of nitrogens with two attached hydrogens (primary N) is 1. The summed E-state index contributed by atoms with van der Waals surface area (Å²) in [5.74, 6) is 1.16. The normalized spacial score (nSPS) is 12.5. The third-order valence-corrected chi connectivity index (χ3v) is 4.61. The lowest BCUT2D eigenvalue weighted by Gasteiger charge is -2.09. The number of hydrogen-bond donors (Lipinski definition) is 2. The Bertz CT molecular complexity index is 667. The van der Waals surface area contributed by atoms with Gasteiger partial charge in [0, 0.05) is 29.9 Å². The molecule has 3 N–H and O–H groups in total. The first-order valence-corrected chi connectivity index (χ1v) is 8.64. The summed E-state index contributed by atoms with van der Waals surface area (Å²) in [4.78, 5) is 28.5. The van der Waals surface area contributed by atoms with Crippen LogP contribution in [0.4, 0.5) is 0 Å². The van der Waals surface area contributed by atoms with Gasteiger partial charge in [-0.1, -0.05) is 6.92 Å². The van der Waals surface area contributed by atoms with Crippen LogP contribution < -0.4 is 16.6 Å². The SMILES string of the molecule is CC(CN)CNC(=O)CSCc1cc(=O)n2ccsc2n1. The maximum absolute atomic E-state index is 11.8. The number of nitrogens with one attached hydrogen (secondary N) is 1. The topological polar surface area (TPSA) is 89.5 Å². The standard InChI is InChI=1S/C13H18N4O2S2/c1-9(5-14)6-15-11(18)8-20-7-10-4-12(19)17-2-3-21-13(17)16-10/h2-4,9H,5-8,14H2,1H3,(H,15,18). The van der Waals surface area contributed by atoms with Crippen molar-refractivity contribution in [2.24, 2.45) is 11.7 Å². The van der Waals surface area contributed by atoms with Crippen molar-refractivity contribution in [3.05, 3.63) is 33.7 Å². The summed E-state index contributed by atoms with van der Waals surface area (Å²) in [6.45, 7) is 3.14. The fraction of sp³-hybridized carbons (Fsp3) is 0.462. The van der Waals surface area contributed by atoms with Gasteiger partial charge in [-0.05, 0) is 12.5 Å². The fourth-order valence-corrected chi connectivity index (χ4v) is 3.12. The summed E-state index contributed by atoms with van der Waals surface area (Å²) in [6, 6.07) is 1.52. The molecule has 0 aromatic carbocycles. The number of carbonyl (C=O) groups excluding carboxylic acids is 1. The first-order chi connectivity index (χ1) is 10.1. The molecular formula is C13H18N4O2S2. The van der Waals surface area contributed by atoms with Crippen molar-refractivity contribution in [1.29, 1.82) is 0 Å². The van der Waals surface area contributed by atoms with Crippen LogP contribution in [-0.4, -0.2) is 34.1 Å². The van der Waals surface area contributed by atoms with Gasteiger partial charge >= 0.3 is 0 Å². The largest absolute Gasteiger partial charge is 0.355 e. The molecule has 2 heterocycles. The van der Waals surface area contributed by atoms with Gasteiger partial charge in [-0.3, -0.25) is 14.0 Å². The third kappa shape index (κ3) is 4.55. The molecule has 1 amide bonds. The average molecular weight is 326 g/mol. The van der Waals surface area contributed by atoms with E-state index >= 15 is 0 Å². The number of carbonyl (C=O) groups is 1. The van der Waals surface area contributed by atoms with Gasteiger partial charge in [-0.15, -0.1) is 23.1 Å². The first-order valence-electron chi connectivity index (χ1n) is 6.60.